The van der Waals surface area contributed by atoms with E-state index in [-0.39, 0.29) is 18.1 Å². The molecule has 9 nitrogen and oxygen atoms in total. The van der Waals surface area contributed by atoms with Gasteiger partial charge in [-0.25, -0.2) is 9.78 Å². The second-order valence-corrected chi connectivity index (χ2v) is 9.71. The average molecular weight is 537 g/mol. The second-order valence-electron chi connectivity index (χ2n) is 8.06. The fraction of sp³-hybridized carbons (Fsp3) is 0.231. The van der Waals surface area contributed by atoms with E-state index in [0.29, 0.717) is 45.0 Å². The number of benzene rings is 1. The number of anilines is 1. The number of thiophene rings is 1. The van der Waals surface area contributed by atoms with Crippen LogP contribution in [-0.4, -0.2) is 49.5 Å². The van der Waals surface area contributed by atoms with Crippen molar-refractivity contribution in [1.82, 2.24) is 10.1 Å². The Hall–Kier alpha value is -3.91. The maximum Gasteiger partial charge on any atom is 0.348 e. The number of hydrogen-bond acceptors (Lipinski definition) is 10. The minimum Gasteiger partial charge on any atom is -0.472 e. The molecule has 0 saturated carbocycles. The van der Waals surface area contributed by atoms with Gasteiger partial charge in [0.2, 0.25) is 5.88 Å². The number of halogens is 1. The number of rotatable bonds is 7. The summed E-state index contributed by atoms with van der Waals surface area (Å²) in [6, 6.07) is 15.3. The molecular formula is C26H21ClN4O5S. The molecule has 3 aromatic heterocycles. The van der Waals surface area contributed by atoms with E-state index in [1.807, 2.05) is 24.3 Å². The van der Waals surface area contributed by atoms with Crippen LogP contribution in [0.2, 0.25) is 4.34 Å². The maximum atomic E-state index is 11.9. The average Bonchev–Trinajstić information content (AvgIpc) is 3.61. The lowest BCUT2D eigenvalue weighted by Crippen LogP contribution is -2.36. The normalized spacial score (nSPS) is 13.3. The minimum atomic E-state index is -0.482. The van der Waals surface area contributed by atoms with Crippen molar-refractivity contribution >= 4 is 34.6 Å². The summed E-state index contributed by atoms with van der Waals surface area (Å²) >= 11 is 7.41. The van der Waals surface area contributed by atoms with Gasteiger partial charge in [-0.05, 0) is 24.3 Å². The first kappa shape index (κ1) is 24.8. The van der Waals surface area contributed by atoms with Crippen molar-refractivity contribution in [1.29, 1.82) is 5.26 Å². The number of pyridine rings is 1. The number of carbonyl (C=O) groups is 1. The highest BCUT2D eigenvalue weighted by atomic mass is 35.5. The minimum absolute atomic E-state index is 0.00325. The molecule has 1 saturated heterocycles. The lowest BCUT2D eigenvalue weighted by Gasteiger charge is -2.28. The molecule has 188 valence electrons. The Morgan fingerprint density at radius 1 is 1.22 bits per heavy atom. The van der Waals surface area contributed by atoms with Gasteiger partial charge in [-0.2, -0.15) is 5.26 Å². The Labute approximate surface area is 221 Å². The zero-order valence-corrected chi connectivity index (χ0v) is 21.3. The molecule has 11 heteroatoms. The summed E-state index contributed by atoms with van der Waals surface area (Å²) in [5.74, 6) is 0.0474. The van der Waals surface area contributed by atoms with Gasteiger partial charge in [0.25, 0.3) is 0 Å². The SMILES string of the molecule is COC(=O)c1cc(COc2nc(-c3ccc(N4CCOCC4)cc3)cc(-c3ccno3)c2C#N)c(Cl)s1. The third-order valence-corrected chi connectivity index (χ3v) is 7.27. The van der Waals surface area contributed by atoms with Gasteiger partial charge in [0.05, 0.1) is 32.2 Å². The highest BCUT2D eigenvalue weighted by Gasteiger charge is 2.21. The summed E-state index contributed by atoms with van der Waals surface area (Å²) in [6.45, 7) is 3.09. The molecule has 0 aliphatic carbocycles. The van der Waals surface area contributed by atoms with E-state index in [1.54, 1.807) is 18.2 Å². The number of ether oxygens (including phenoxy) is 3. The zero-order valence-electron chi connectivity index (χ0n) is 19.8. The first-order valence-electron chi connectivity index (χ1n) is 11.4. The number of hydrogen-bond donors (Lipinski definition) is 0. The third-order valence-electron chi connectivity index (χ3n) is 5.85. The predicted molar refractivity (Wildman–Crippen MR) is 138 cm³/mol. The van der Waals surface area contributed by atoms with Crippen molar-refractivity contribution in [3.63, 3.8) is 0 Å². The molecule has 5 rings (SSSR count). The maximum absolute atomic E-state index is 11.9. The van der Waals surface area contributed by atoms with Crippen molar-refractivity contribution < 1.29 is 23.5 Å². The fourth-order valence-corrected chi connectivity index (χ4v) is 5.12. The molecule has 1 aliphatic heterocycles. The molecule has 0 radical (unpaired) electrons. The van der Waals surface area contributed by atoms with Crippen LogP contribution >= 0.6 is 22.9 Å². The van der Waals surface area contributed by atoms with Crippen molar-refractivity contribution in [3.8, 4) is 34.5 Å². The van der Waals surface area contributed by atoms with E-state index in [4.69, 9.17) is 30.3 Å². The van der Waals surface area contributed by atoms with Crippen LogP contribution in [0.5, 0.6) is 5.88 Å². The monoisotopic (exact) mass is 536 g/mol. The van der Waals surface area contributed by atoms with Crippen LogP contribution in [0.15, 0.2) is 53.2 Å². The first-order chi connectivity index (χ1) is 18.1. The fourth-order valence-electron chi connectivity index (χ4n) is 3.95. The van der Waals surface area contributed by atoms with E-state index >= 15 is 0 Å². The van der Waals surface area contributed by atoms with Crippen LogP contribution in [0.4, 0.5) is 5.69 Å². The third kappa shape index (κ3) is 5.29. The van der Waals surface area contributed by atoms with Crippen LogP contribution < -0.4 is 9.64 Å². The summed E-state index contributed by atoms with van der Waals surface area (Å²) in [6.07, 6.45) is 1.51. The molecule has 4 aromatic rings. The van der Waals surface area contributed by atoms with Crippen LogP contribution in [0.25, 0.3) is 22.6 Å². The largest absolute Gasteiger partial charge is 0.472 e. The number of esters is 1. The molecule has 0 atom stereocenters. The quantitative estimate of drug-likeness (QED) is 0.294. The van der Waals surface area contributed by atoms with Crippen molar-refractivity contribution in [2.75, 3.05) is 38.3 Å². The number of methoxy groups -OCH3 is 1. The van der Waals surface area contributed by atoms with Gasteiger partial charge < -0.3 is 23.6 Å². The van der Waals surface area contributed by atoms with E-state index < -0.39 is 5.97 Å². The standard InChI is InChI=1S/C26H21ClN4O5S/c1-33-26(32)23-12-17(24(27)37-23)15-35-25-20(14-28)19(22-6-7-29-36-22)13-21(30-25)16-2-4-18(5-3-16)31-8-10-34-11-9-31/h2-7,12-13H,8-11,15H2,1H3. The number of morpholine rings is 1. The zero-order chi connectivity index (χ0) is 25.8. The van der Waals surface area contributed by atoms with Gasteiger partial charge in [0.1, 0.15) is 27.5 Å². The Bertz CT molecular complexity index is 1440. The molecule has 0 N–H and O–H groups in total. The molecule has 0 bridgehead atoms. The van der Waals surface area contributed by atoms with Crippen molar-refractivity contribution in [3.05, 3.63) is 69.0 Å². The smallest absolute Gasteiger partial charge is 0.348 e. The predicted octanol–water partition coefficient (Wildman–Crippen LogP) is 5.19. The van der Waals surface area contributed by atoms with E-state index in [9.17, 15) is 10.1 Å². The first-order valence-corrected chi connectivity index (χ1v) is 12.6. The summed E-state index contributed by atoms with van der Waals surface area (Å²) in [5.41, 5.74) is 3.82. The van der Waals surface area contributed by atoms with E-state index in [1.165, 1.54) is 13.3 Å². The Morgan fingerprint density at radius 2 is 2.00 bits per heavy atom. The second kappa shape index (κ2) is 11.0. The molecular weight excluding hydrogens is 516 g/mol. The van der Waals surface area contributed by atoms with Crippen LogP contribution in [0, 0.1) is 11.3 Å². The van der Waals surface area contributed by atoms with E-state index in [2.05, 4.69) is 21.1 Å². The number of nitriles is 1. The molecule has 0 spiro atoms. The number of carbonyl (C=O) groups excluding carboxylic acids is 1. The van der Waals surface area contributed by atoms with Crippen LogP contribution in [0.3, 0.4) is 0 Å². The topological polar surface area (TPSA) is 111 Å². The van der Waals surface area contributed by atoms with Gasteiger partial charge in [0, 0.05) is 41.5 Å². The van der Waals surface area contributed by atoms with Gasteiger partial charge in [-0.15, -0.1) is 11.3 Å². The summed E-state index contributed by atoms with van der Waals surface area (Å²) in [7, 11) is 1.30. The molecule has 0 unspecified atom stereocenters. The number of nitrogens with zero attached hydrogens (tertiary/aromatic N) is 4. The van der Waals surface area contributed by atoms with Crippen molar-refractivity contribution in [2.45, 2.75) is 6.61 Å². The van der Waals surface area contributed by atoms with E-state index in [0.717, 1.165) is 35.7 Å². The van der Waals surface area contributed by atoms with Crippen LogP contribution in [0.1, 0.15) is 20.8 Å². The molecule has 1 aromatic carbocycles. The van der Waals surface area contributed by atoms with Gasteiger partial charge >= 0.3 is 5.97 Å². The van der Waals surface area contributed by atoms with Gasteiger partial charge in [-0.1, -0.05) is 28.9 Å². The molecule has 37 heavy (non-hydrogen) atoms. The molecule has 1 fully saturated rings. The highest BCUT2D eigenvalue weighted by Crippen LogP contribution is 2.35. The molecule has 4 heterocycles. The number of aromatic nitrogens is 2. The molecule has 0 amide bonds. The van der Waals surface area contributed by atoms with Gasteiger partial charge in [0.15, 0.2) is 5.76 Å². The van der Waals surface area contributed by atoms with Gasteiger partial charge in [-0.3, -0.25) is 0 Å². The molecule has 1 aliphatic rings. The van der Waals surface area contributed by atoms with Crippen molar-refractivity contribution in [2.24, 2.45) is 0 Å². The Morgan fingerprint density at radius 3 is 2.68 bits per heavy atom. The summed E-state index contributed by atoms with van der Waals surface area (Å²) in [4.78, 5) is 19.1. The highest BCUT2D eigenvalue weighted by molar-refractivity contribution is 7.18. The lowest BCUT2D eigenvalue weighted by atomic mass is 10.0. The van der Waals surface area contributed by atoms with Crippen LogP contribution in [-0.2, 0) is 16.1 Å². The Kier molecular flexibility index (Phi) is 7.37. The lowest BCUT2D eigenvalue weighted by molar-refractivity contribution is 0.0606. The summed E-state index contributed by atoms with van der Waals surface area (Å²) < 4.78 is 21.9. The Balaban J connectivity index is 1.49. The summed E-state index contributed by atoms with van der Waals surface area (Å²) in [5, 5.41) is 13.7.